The van der Waals surface area contributed by atoms with Crippen molar-refractivity contribution in [3.05, 3.63) is 40.9 Å². The van der Waals surface area contributed by atoms with E-state index in [4.69, 9.17) is 0 Å². The second-order valence-corrected chi connectivity index (χ2v) is 6.17. The minimum atomic E-state index is -0.0752. The van der Waals surface area contributed by atoms with Gasteiger partial charge >= 0.3 is 0 Å². The Morgan fingerprint density at radius 1 is 1.16 bits per heavy atom. The summed E-state index contributed by atoms with van der Waals surface area (Å²) in [5.41, 5.74) is 1.04. The SMILES string of the molecule is CCC(C)(CO)CNc1ccc(Br)c2ccccc12. The van der Waals surface area contributed by atoms with Crippen LogP contribution >= 0.6 is 15.9 Å². The van der Waals surface area contributed by atoms with E-state index in [1.807, 2.05) is 12.1 Å². The zero-order chi connectivity index (χ0) is 13.9. The lowest BCUT2D eigenvalue weighted by Crippen LogP contribution is -2.29. The Labute approximate surface area is 123 Å². The lowest BCUT2D eigenvalue weighted by molar-refractivity contribution is 0.149. The van der Waals surface area contributed by atoms with Crippen LogP contribution in [0.2, 0.25) is 0 Å². The summed E-state index contributed by atoms with van der Waals surface area (Å²) in [5, 5.41) is 15.4. The van der Waals surface area contributed by atoms with Gasteiger partial charge in [-0.3, -0.25) is 0 Å². The summed E-state index contributed by atoms with van der Waals surface area (Å²) in [6, 6.07) is 12.5. The van der Waals surface area contributed by atoms with Gasteiger partial charge in [-0.25, -0.2) is 0 Å². The van der Waals surface area contributed by atoms with Gasteiger partial charge in [-0.05, 0) is 23.9 Å². The van der Waals surface area contributed by atoms with Gasteiger partial charge in [-0.15, -0.1) is 0 Å². The Bertz CT molecular complexity index is 564. The van der Waals surface area contributed by atoms with Crippen molar-refractivity contribution in [1.29, 1.82) is 0 Å². The van der Waals surface area contributed by atoms with Crippen molar-refractivity contribution in [2.45, 2.75) is 20.3 Å². The summed E-state index contributed by atoms with van der Waals surface area (Å²) in [4.78, 5) is 0. The molecule has 19 heavy (non-hydrogen) atoms. The molecule has 0 saturated heterocycles. The number of anilines is 1. The Kier molecular flexibility index (Phi) is 4.48. The van der Waals surface area contributed by atoms with E-state index < -0.39 is 0 Å². The molecule has 2 rings (SSSR count). The summed E-state index contributed by atoms with van der Waals surface area (Å²) < 4.78 is 1.11. The van der Waals surface area contributed by atoms with Crippen molar-refractivity contribution in [3.63, 3.8) is 0 Å². The Morgan fingerprint density at radius 3 is 2.47 bits per heavy atom. The first kappa shape index (κ1) is 14.4. The van der Waals surface area contributed by atoms with Crippen LogP contribution in [0.3, 0.4) is 0 Å². The number of halogens is 1. The highest BCUT2D eigenvalue weighted by Gasteiger charge is 2.20. The summed E-state index contributed by atoms with van der Waals surface area (Å²) in [6.45, 7) is 5.18. The topological polar surface area (TPSA) is 32.3 Å². The van der Waals surface area contributed by atoms with Crippen LogP contribution in [0, 0.1) is 5.41 Å². The molecule has 0 bridgehead atoms. The number of hydrogen-bond acceptors (Lipinski definition) is 2. The molecular weight excluding hydrogens is 302 g/mol. The molecule has 0 aliphatic heterocycles. The summed E-state index contributed by atoms with van der Waals surface area (Å²) >= 11 is 3.58. The Morgan fingerprint density at radius 2 is 1.84 bits per heavy atom. The zero-order valence-corrected chi connectivity index (χ0v) is 13.0. The average Bonchev–Trinajstić information content (AvgIpc) is 2.46. The van der Waals surface area contributed by atoms with E-state index in [0.717, 1.165) is 23.1 Å². The molecule has 0 radical (unpaired) electrons. The summed E-state index contributed by atoms with van der Waals surface area (Å²) in [5.74, 6) is 0. The van der Waals surface area contributed by atoms with Gasteiger partial charge in [-0.1, -0.05) is 54.0 Å². The molecule has 102 valence electrons. The van der Waals surface area contributed by atoms with E-state index in [0.29, 0.717) is 0 Å². The van der Waals surface area contributed by atoms with Gasteiger partial charge in [0.1, 0.15) is 0 Å². The molecule has 1 unspecified atom stereocenters. The molecule has 0 spiro atoms. The summed E-state index contributed by atoms with van der Waals surface area (Å²) in [7, 11) is 0. The molecule has 0 aliphatic rings. The maximum Gasteiger partial charge on any atom is 0.0501 e. The first-order valence-electron chi connectivity index (χ1n) is 6.61. The molecule has 0 saturated carbocycles. The fraction of sp³-hybridized carbons (Fsp3) is 0.375. The number of benzene rings is 2. The number of aliphatic hydroxyl groups excluding tert-OH is 1. The number of aliphatic hydroxyl groups is 1. The molecule has 3 heteroatoms. The normalized spacial score (nSPS) is 14.3. The lowest BCUT2D eigenvalue weighted by Gasteiger charge is -2.26. The van der Waals surface area contributed by atoms with Crippen LogP contribution in [0.25, 0.3) is 10.8 Å². The molecule has 0 amide bonds. The highest BCUT2D eigenvalue weighted by Crippen LogP contribution is 2.31. The molecule has 0 aliphatic carbocycles. The highest BCUT2D eigenvalue weighted by atomic mass is 79.9. The molecule has 1 atom stereocenters. The summed E-state index contributed by atoms with van der Waals surface area (Å²) in [6.07, 6.45) is 0.949. The van der Waals surface area contributed by atoms with Gasteiger partial charge in [0.25, 0.3) is 0 Å². The Balaban J connectivity index is 2.29. The maximum atomic E-state index is 9.47. The largest absolute Gasteiger partial charge is 0.396 e. The molecular formula is C16H20BrNO. The van der Waals surface area contributed by atoms with E-state index in [1.54, 1.807) is 0 Å². The van der Waals surface area contributed by atoms with Gasteiger partial charge < -0.3 is 10.4 Å². The van der Waals surface area contributed by atoms with Gasteiger partial charge in [0, 0.05) is 27.5 Å². The second-order valence-electron chi connectivity index (χ2n) is 5.32. The average molecular weight is 322 g/mol. The second kappa shape index (κ2) is 5.93. The smallest absolute Gasteiger partial charge is 0.0501 e. The molecule has 2 N–H and O–H groups in total. The third-order valence-electron chi connectivity index (χ3n) is 3.81. The Hall–Kier alpha value is -1.06. The number of hydrogen-bond donors (Lipinski definition) is 2. The molecule has 2 aromatic carbocycles. The van der Waals surface area contributed by atoms with E-state index in [-0.39, 0.29) is 12.0 Å². The predicted octanol–water partition coefficient (Wildman–Crippen LogP) is 4.42. The lowest BCUT2D eigenvalue weighted by atomic mass is 9.88. The zero-order valence-electron chi connectivity index (χ0n) is 11.4. The van der Waals surface area contributed by atoms with Gasteiger partial charge in [0.05, 0.1) is 6.61 Å². The monoisotopic (exact) mass is 321 g/mol. The fourth-order valence-electron chi connectivity index (χ4n) is 2.02. The first-order valence-corrected chi connectivity index (χ1v) is 7.41. The first-order chi connectivity index (χ1) is 9.09. The van der Waals surface area contributed by atoms with Crippen LogP contribution in [0.4, 0.5) is 5.69 Å². The quantitative estimate of drug-likeness (QED) is 0.854. The van der Waals surface area contributed by atoms with E-state index in [2.05, 4.69) is 59.4 Å². The highest BCUT2D eigenvalue weighted by molar-refractivity contribution is 9.10. The van der Waals surface area contributed by atoms with Gasteiger partial charge in [-0.2, -0.15) is 0 Å². The minimum Gasteiger partial charge on any atom is -0.396 e. The molecule has 0 fully saturated rings. The predicted molar refractivity (Wildman–Crippen MR) is 85.6 cm³/mol. The van der Waals surface area contributed by atoms with Crippen molar-refractivity contribution in [1.82, 2.24) is 0 Å². The van der Waals surface area contributed by atoms with Crippen LogP contribution in [0.5, 0.6) is 0 Å². The van der Waals surface area contributed by atoms with E-state index in [9.17, 15) is 5.11 Å². The fourth-order valence-corrected chi connectivity index (χ4v) is 2.50. The number of nitrogens with one attached hydrogen (secondary N) is 1. The van der Waals surface area contributed by atoms with Gasteiger partial charge in [0.2, 0.25) is 0 Å². The van der Waals surface area contributed by atoms with Crippen molar-refractivity contribution >= 4 is 32.4 Å². The van der Waals surface area contributed by atoms with Crippen molar-refractivity contribution in [2.75, 3.05) is 18.5 Å². The molecule has 0 aromatic heterocycles. The van der Waals surface area contributed by atoms with Crippen LogP contribution in [0.15, 0.2) is 40.9 Å². The number of fused-ring (bicyclic) bond motifs is 1. The van der Waals surface area contributed by atoms with Crippen molar-refractivity contribution < 1.29 is 5.11 Å². The third-order valence-corrected chi connectivity index (χ3v) is 4.50. The van der Waals surface area contributed by atoms with Crippen LogP contribution in [-0.2, 0) is 0 Å². The maximum absolute atomic E-state index is 9.47. The molecule has 2 aromatic rings. The van der Waals surface area contributed by atoms with Gasteiger partial charge in [0.15, 0.2) is 0 Å². The van der Waals surface area contributed by atoms with E-state index in [1.165, 1.54) is 10.8 Å². The van der Waals surface area contributed by atoms with E-state index >= 15 is 0 Å². The van der Waals surface area contributed by atoms with Crippen LogP contribution in [-0.4, -0.2) is 18.3 Å². The van der Waals surface area contributed by atoms with Crippen molar-refractivity contribution in [2.24, 2.45) is 5.41 Å². The van der Waals surface area contributed by atoms with Crippen LogP contribution < -0.4 is 5.32 Å². The molecule has 2 nitrogen and oxygen atoms in total. The standard InChI is InChI=1S/C16H20BrNO/c1-3-16(2,11-19)10-18-15-9-8-14(17)12-6-4-5-7-13(12)15/h4-9,18-19H,3,10-11H2,1-2H3. The van der Waals surface area contributed by atoms with Crippen molar-refractivity contribution in [3.8, 4) is 0 Å². The van der Waals surface area contributed by atoms with Crippen LogP contribution in [0.1, 0.15) is 20.3 Å². The number of rotatable bonds is 5. The molecule has 0 heterocycles. The minimum absolute atomic E-state index is 0.0752. The third kappa shape index (κ3) is 3.10.